The van der Waals surface area contributed by atoms with Crippen molar-refractivity contribution in [2.24, 2.45) is 4.99 Å². The van der Waals surface area contributed by atoms with Gasteiger partial charge in [-0.25, -0.2) is 0 Å². The van der Waals surface area contributed by atoms with Gasteiger partial charge < -0.3 is 10.2 Å². The Hall–Kier alpha value is -0.470. The van der Waals surface area contributed by atoms with E-state index in [1.54, 1.807) is 0 Å². The first kappa shape index (κ1) is 20.8. The maximum Gasteiger partial charge on any atom is 0.390 e. The SMILES string of the molecule is C=CCCCN(C)C(=NCCC(F)(F)F)NCC.I. The van der Waals surface area contributed by atoms with Crippen LogP contribution in [0, 0.1) is 0 Å². The molecule has 114 valence electrons. The minimum atomic E-state index is -4.15. The Morgan fingerprint density at radius 3 is 2.53 bits per heavy atom. The van der Waals surface area contributed by atoms with Crippen LogP contribution in [-0.2, 0) is 0 Å². The summed E-state index contributed by atoms with van der Waals surface area (Å²) in [5.74, 6) is 0.519. The van der Waals surface area contributed by atoms with Crippen LogP contribution in [-0.4, -0.2) is 43.7 Å². The largest absolute Gasteiger partial charge is 0.390 e. The number of alkyl halides is 3. The number of aliphatic imine (C=N–C) groups is 1. The van der Waals surface area contributed by atoms with Gasteiger partial charge in [-0.2, -0.15) is 13.2 Å². The monoisotopic (exact) mass is 393 g/mol. The summed E-state index contributed by atoms with van der Waals surface area (Å²) in [7, 11) is 1.82. The zero-order chi connectivity index (χ0) is 14.0. The standard InChI is InChI=1S/C12H22F3N3.HI/c1-4-6-7-10-18(3)11(16-5-2)17-9-8-12(13,14)15;/h4H,1,5-10H2,2-3H3,(H,16,17);1H. The highest BCUT2D eigenvalue weighted by Crippen LogP contribution is 2.18. The minimum Gasteiger partial charge on any atom is -0.357 e. The van der Waals surface area contributed by atoms with Crippen molar-refractivity contribution in [3.63, 3.8) is 0 Å². The summed E-state index contributed by atoms with van der Waals surface area (Å²) in [6.07, 6.45) is -1.43. The predicted octanol–water partition coefficient (Wildman–Crippen LogP) is 3.42. The third-order valence-electron chi connectivity index (χ3n) is 2.26. The Bertz CT molecular complexity index is 267. The van der Waals surface area contributed by atoms with Gasteiger partial charge in [0.2, 0.25) is 0 Å². The lowest BCUT2D eigenvalue weighted by Gasteiger charge is -2.21. The van der Waals surface area contributed by atoms with Gasteiger partial charge in [-0.1, -0.05) is 6.08 Å². The molecule has 0 rings (SSSR count). The molecule has 0 saturated heterocycles. The topological polar surface area (TPSA) is 27.6 Å². The number of nitrogens with one attached hydrogen (secondary N) is 1. The van der Waals surface area contributed by atoms with E-state index in [9.17, 15) is 13.2 Å². The van der Waals surface area contributed by atoms with Gasteiger partial charge in [0.15, 0.2) is 5.96 Å². The molecule has 0 aliphatic heterocycles. The Morgan fingerprint density at radius 2 is 2.05 bits per heavy atom. The third-order valence-corrected chi connectivity index (χ3v) is 2.26. The van der Waals surface area contributed by atoms with E-state index in [2.05, 4.69) is 16.9 Å². The molecule has 1 N–H and O–H groups in total. The summed E-state index contributed by atoms with van der Waals surface area (Å²) in [5, 5.41) is 2.98. The van der Waals surface area contributed by atoms with E-state index in [1.165, 1.54) is 0 Å². The molecular formula is C12H23F3IN3. The zero-order valence-corrected chi connectivity index (χ0v) is 13.8. The van der Waals surface area contributed by atoms with Crippen molar-refractivity contribution in [2.75, 3.05) is 26.7 Å². The predicted molar refractivity (Wildman–Crippen MR) is 84.1 cm³/mol. The van der Waals surface area contributed by atoms with Crippen LogP contribution in [0.15, 0.2) is 17.6 Å². The fourth-order valence-electron chi connectivity index (χ4n) is 1.34. The quantitative estimate of drug-likeness (QED) is 0.236. The summed E-state index contributed by atoms with van der Waals surface area (Å²) >= 11 is 0. The molecule has 0 fully saturated rings. The van der Waals surface area contributed by atoms with Crippen LogP contribution in [0.2, 0.25) is 0 Å². The molecule has 0 saturated carbocycles. The molecule has 0 radical (unpaired) electrons. The van der Waals surface area contributed by atoms with E-state index in [0.717, 1.165) is 19.4 Å². The highest BCUT2D eigenvalue weighted by Gasteiger charge is 2.26. The molecule has 0 atom stereocenters. The summed E-state index contributed by atoms with van der Waals surface area (Å²) in [6, 6.07) is 0. The number of halogens is 4. The lowest BCUT2D eigenvalue weighted by Crippen LogP contribution is -2.39. The average Bonchev–Trinajstić information content (AvgIpc) is 2.26. The molecule has 3 nitrogen and oxygen atoms in total. The first-order valence-corrected chi connectivity index (χ1v) is 6.07. The van der Waals surface area contributed by atoms with Crippen molar-refractivity contribution in [2.45, 2.75) is 32.4 Å². The van der Waals surface area contributed by atoms with Gasteiger partial charge >= 0.3 is 6.18 Å². The van der Waals surface area contributed by atoms with Gasteiger partial charge in [0.25, 0.3) is 0 Å². The first-order valence-electron chi connectivity index (χ1n) is 6.07. The summed E-state index contributed by atoms with van der Waals surface area (Å²) in [6.45, 7) is 6.65. The fraction of sp³-hybridized carbons (Fsp3) is 0.750. The van der Waals surface area contributed by atoms with Crippen LogP contribution in [0.25, 0.3) is 0 Å². The first-order chi connectivity index (χ1) is 8.40. The molecule has 19 heavy (non-hydrogen) atoms. The average molecular weight is 393 g/mol. The summed E-state index contributed by atoms with van der Waals surface area (Å²) in [5.41, 5.74) is 0. The Labute approximate surface area is 130 Å². The molecule has 0 aromatic rings. The van der Waals surface area contributed by atoms with Crippen LogP contribution in [0.1, 0.15) is 26.2 Å². The number of guanidine groups is 1. The van der Waals surface area contributed by atoms with Gasteiger partial charge in [0.05, 0.1) is 13.0 Å². The van der Waals surface area contributed by atoms with Gasteiger partial charge in [0, 0.05) is 20.1 Å². The van der Waals surface area contributed by atoms with Crippen molar-refractivity contribution >= 4 is 29.9 Å². The second-order valence-electron chi connectivity index (χ2n) is 3.95. The van der Waals surface area contributed by atoms with E-state index < -0.39 is 12.6 Å². The molecular weight excluding hydrogens is 370 g/mol. The molecule has 0 aliphatic carbocycles. The van der Waals surface area contributed by atoms with Gasteiger partial charge in [-0.15, -0.1) is 30.6 Å². The maximum absolute atomic E-state index is 12.0. The molecule has 0 heterocycles. The molecule has 7 heteroatoms. The summed E-state index contributed by atoms with van der Waals surface area (Å²) in [4.78, 5) is 5.80. The van der Waals surface area contributed by atoms with E-state index in [4.69, 9.17) is 0 Å². The van der Waals surface area contributed by atoms with Gasteiger partial charge in [0.1, 0.15) is 0 Å². The normalized spacial score (nSPS) is 11.7. The Kier molecular flexibility index (Phi) is 12.5. The number of unbranched alkanes of at least 4 members (excludes halogenated alkanes) is 1. The maximum atomic E-state index is 12.0. The molecule has 0 spiro atoms. The Morgan fingerprint density at radius 1 is 1.42 bits per heavy atom. The van der Waals surface area contributed by atoms with Crippen LogP contribution in [0.3, 0.4) is 0 Å². The second-order valence-corrected chi connectivity index (χ2v) is 3.95. The van der Waals surface area contributed by atoms with Crippen molar-refractivity contribution < 1.29 is 13.2 Å². The number of nitrogens with zero attached hydrogens (tertiary/aromatic N) is 2. The highest BCUT2D eigenvalue weighted by atomic mass is 127. The number of hydrogen-bond acceptors (Lipinski definition) is 1. The number of rotatable bonds is 7. The lowest BCUT2D eigenvalue weighted by molar-refractivity contribution is -0.132. The zero-order valence-electron chi connectivity index (χ0n) is 11.5. The second kappa shape index (κ2) is 11.4. The molecule has 0 aromatic heterocycles. The minimum absolute atomic E-state index is 0. The molecule has 0 aliphatic rings. The van der Waals surface area contributed by atoms with E-state index in [-0.39, 0.29) is 30.5 Å². The highest BCUT2D eigenvalue weighted by molar-refractivity contribution is 14.0. The van der Waals surface area contributed by atoms with Crippen LogP contribution in [0.5, 0.6) is 0 Å². The molecule has 0 bridgehead atoms. The van der Waals surface area contributed by atoms with E-state index >= 15 is 0 Å². The number of allylic oxidation sites excluding steroid dienone is 1. The van der Waals surface area contributed by atoms with E-state index in [1.807, 2.05) is 24.9 Å². The Balaban J connectivity index is 0. The summed E-state index contributed by atoms with van der Waals surface area (Å²) < 4.78 is 36.1. The molecule has 0 unspecified atom stereocenters. The van der Waals surface area contributed by atoms with Gasteiger partial charge in [-0.3, -0.25) is 4.99 Å². The van der Waals surface area contributed by atoms with Crippen molar-refractivity contribution in [3.8, 4) is 0 Å². The van der Waals surface area contributed by atoms with Crippen LogP contribution in [0.4, 0.5) is 13.2 Å². The lowest BCUT2D eigenvalue weighted by atomic mass is 10.3. The molecule has 0 aromatic carbocycles. The third kappa shape index (κ3) is 12.3. The van der Waals surface area contributed by atoms with Crippen molar-refractivity contribution in [3.05, 3.63) is 12.7 Å². The smallest absolute Gasteiger partial charge is 0.357 e. The van der Waals surface area contributed by atoms with Crippen molar-refractivity contribution in [1.82, 2.24) is 10.2 Å². The molecule has 0 amide bonds. The van der Waals surface area contributed by atoms with Crippen LogP contribution >= 0.6 is 24.0 Å². The number of hydrogen-bond donors (Lipinski definition) is 1. The van der Waals surface area contributed by atoms with E-state index in [0.29, 0.717) is 12.5 Å². The van der Waals surface area contributed by atoms with Crippen LogP contribution < -0.4 is 5.32 Å². The fourth-order valence-corrected chi connectivity index (χ4v) is 1.34. The van der Waals surface area contributed by atoms with Gasteiger partial charge in [-0.05, 0) is 19.8 Å². The van der Waals surface area contributed by atoms with Crippen molar-refractivity contribution in [1.29, 1.82) is 0 Å².